The van der Waals surface area contributed by atoms with Gasteiger partial charge in [0.1, 0.15) is 5.75 Å². The van der Waals surface area contributed by atoms with Crippen LogP contribution in [0.4, 0.5) is 5.69 Å². The molecule has 0 fully saturated rings. The number of rotatable bonds is 5. The number of nitro benzene ring substituents is 1. The molecule has 0 aliphatic rings. The minimum atomic E-state index is -0.402. The van der Waals surface area contributed by atoms with Gasteiger partial charge in [0, 0.05) is 25.2 Å². The molecule has 0 spiro atoms. The van der Waals surface area contributed by atoms with E-state index in [9.17, 15) is 15.2 Å². The van der Waals surface area contributed by atoms with Gasteiger partial charge in [-0.1, -0.05) is 18.2 Å². The van der Waals surface area contributed by atoms with E-state index in [1.165, 1.54) is 6.07 Å². The summed E-state index contributed by atoms with van der Waals surface area (Å²) in [6.45, 7) is 1.15. The van der Waals surface area contributed by atoms with Gasteiger partial charge in [0.05, 0.1) is 9.40 Å². The summed E-state index contributed by atoms with van der Waals surface area (Å²) in [6.07, 6.45) is 0. The standard InChI is InChI=1S/C14H13BrN2O3/c15-13-7-11(4-5-14(13)18)9-16-8-10-2-1-3-12(6-10)17(19)20/h1-7,16,18H,8-9H2. The van der Waals surface area contributed by atoms with Crippen LogP contribution in [-0.4, -0.2) is 10.0 Å². The van der Waals surface area contributed by atoms with Crippen LogP contribution in [0.1, 0.15) is 11.1 Å². The number of nitrogens with zero attached hydrogens (tertiary/aromatic N) is 1. The van der Waals surface area contributed by atoms with Gasteiger partial charge in [0.15, 0.2) is 0 Å². The van der Waals surface area contributed by atoms with Crippen LogP contribution in [0.25, 0.3) is 0 Å². The monoisotopic (exact) mass is 336 g/mol. The Labute approximate surface area is 124 Å². The normalized spacial score (nSPS) is 10.4. The van der Waals surface area contributed by atoms with E-state index < -0.39 is 4.92 Å². The molecule has 0 aromatic heterocycles. The zero-order chi connectivity index (χ0) is 14.5. The molecule has 5 nitrogen and oxygen atoms in total. The lowest BCUT2D eigenvalue weighted by molar-refractivity contribution is -0.384. The fourth-order valence-electron chi connectivity index (χ4n) is 1.79. The maximum atomic E-state index is 10.7. The Hall–Kier alpha value is -1.92. The predicted octanol–water partition coefficient (Wildman–Crippen LogP) is 3.35. The van der Waals surface area contributed by atoms with E-state index in [1.54, 1.807) is 18.2 Å². The van der Waals surface area contributed by atoms with Gasteiger partial charge in [0.25, 0.3) is 5.69 Å². The molecule has 0 aliphatic carbocycles. The molecule has 2 rings (SSSR count). The Balaban J connectivity index is 1.94. The maximum Gasteiger partial charge on any atom is 0.269 e. The molecule has 20 heavy (non-hydrogen) atoms. The van der Waals surface area contributed by atoms with Gasteiger partial charge in [-0.2, -0.15) is 0 Å². The molecule has 0 aliphatic heterocycles. The van der Waals surface area contributed by atoms with E-state index in [0.29, 0.717) is 17.6 Å². The van der Waals surface area contributed by atoms with Crippen LogP contribution < -0.4 is 5.32 Å². The highest BCUT2D eigenvalue weighted by atomic mass is 79.9. The van der Waals surface area contributed by atoms with E-state index in [0.717, 1.165) is 11.1 Å². The number of non-ortho nitro benzene ring substituents is 1. The van der Waals surface area contributed by atoms with Gasteiger partial charge in [0.2, 0.25) is 0 Å². The number of aromatic hydroxyl groups is 1. The summed E-state index contributed by atoms with van der Waals surface area (Å²) in [5, 5.41) is 23.3. The van der Waals surface area contributed by atoms with Crippen LogP contribution in [0, 0.1) is 10.1 Å². The Morgan fingerprint density at radius 1 is 1.15 bits per heavy atom. The average Bonchev–Trinajstić information content (AvgIpc) is 2.43. The average molecular weight is 337 g/mol. The molecule has 0 saturated heterocycles. The van der Waals surface area contributed by atoms with E-state index in [-0.39, 0.29) is 11.4 Å². The van der Waals surface area contributed by atoms with Gasteiger partial charge in [-0.15, -0.1) is 0 Å². The van der Waals surface area contributed by atoms with Gasteiger partial charge in [-0.25, -0.2) is 0 Å². The summed E-state index contributed by atoms with van der Waals surface area (Å²) in [4.78, 5) is 10.3. The van der Waals surface area contributed by atoms with E-state index in [4.69, 9.17) is 0 Å². The SMILES string of the molecule is O=[N+]([O-])c1cccc(CNCc2ccc(O)c(Br)c2)c1. The highest BCUT2D eigenvalue weighted by Gasteiger charge is 2.05. The van der Waals surface area contributed by atoms with E-state index >= 15 is 0 Å². The Morgan fingerprint density at radius 2 is 1.85 bits per heavy atom. The zero-order valence-corrected chi connectivity index (χ0v) is 12.1. The van der Waals surface area contributed by atoms with Crippen molar-refractivity contribution < 1.29 is 10.0 Å². The first-order valence-corrected chi connectivity index (χ1v) is 6.77. The quantitative estimate of drug-likeness (QED) is 0.648. The third-order valence-electron chi connectivity index (χ3n) is 2.79. The van der Waals surface area contributed by atoms with Crippen molar-refractivity contribution in [3.8, 4) is 5.75 Å². The molecule has 0 atom stereocenters. The second-order valence-electron chi connectivity index (χ2n) is 4.32. The minimum Gasteiger partial charge on any atom is -0.507 e. The van der Waals surface area contributed by atoms with Crippen LogP contribution in [0.15, 0.2) is 46.9 Å². The lowest BCUT2D eigenvalue weighted by Gasteiger charge is -2.06. The lowest BCUT2D eigenvalue weighted by Crippen LogP contribution is -2.12. The smallest absolute Gasteiger partial charge is 0.269 e. The minimum absolute atomic E-state index is 0.0941. The number of nitrogens with one attached hydrogen (secondary N) is 1. The van der Waals surface area contributed by atoms with Crippen molar-refractivity contribution in [2.24, 2.45) is 0 Å². The zero-order valence-electron chi connectivity index (χ0n) is 10.5. The number of halogens is 1. The van der Waals surface area contributed by atoms with Gasteiger partial charge < -0.3 is 10.4 Å². The molecule has 0 bridgehead atoms. The van der Waals surface area contributed by atoms with Crippen molar-refractivity contribution in [3.63, 3.8) is 0 Å². The third kappa shape index (κ3) is 3.79. The summed E-state index contributed by atoms with van der Waals surface area (Å²) in [7, 11) is 0. The van der Waals surface area contributed by atoms with Crippen molar-refractivity contribution in [2.75, 3.05) is 0 Å². The maximum absolute atomic E-state index is 10.7. The topological polar surface area (TPSA) is 75.4 Å². The fourth-order valence-corrected chi connectivity index (χ4v) is 2.22. The summed E-state index contributed by atoms with van der Waals surface area (Å²) in [6, 6.07) is 11.8. The highest BCUT2D eigenvalue weighted by Crippen LogP contribution is 2.24. The summed E-state index contributed by atoms with van der Waals surface area (Å²) in [5.41, 5.74) is 1.97. The molecule has 0 heterocycles. The van der Waals surface area contributed by atoms with Crippen LogP contribution >= 0.6 is 15.9 Å². The van der Waals surface area contributed by atoms with Gasteiger partial charge in [-0.05, 0) is 39.2 Å². The third-order valence-corrected chi connectivity index (χ3v) is 3.43. The summed E-state index contributed by atoms with van der Waals surface area (Å²) in [5.74, 6) is 0.201. The van der Waals surface area contributed by atoms with Gasteiger partial charge in [-0.3, -0.25) is 10.1 Å². The van der Waals surface area contributed by atoms with Crippen molar-refractivity contribution in [3.05, 3.63) is 68.2 Å². The first-order chi connectivity index (χ1) is 9.56. The number of nitro groups is 1. The summed E-state index contributed by atoms with van der Waals surface area (Å²) >= 11 is 3.26. The predicted molar refractivity (Wildman–Crippen MR) is 79.4 cm³/mol. The molecule has 0 saturated carbocycles. The molecule has 2 N–H and O–H groups in total. The van der Waals surface area contributed by atoms with Crippen molar-refractivity contribution in [1.82, 2.24) is 5.32 Å². The molecule has 6 heteroatoms. The Bertz CT molecular complexity index is 632. The molecule has 0 radical (unpaired) electrons. The first kappa shape index (κ1) is 14.5. The fraction of sp³-hybridized carbons (Fsp3) is 0.143. The van der Waals surface area contributed by atoms with Crippen molar-refractivity contribution in [1.29, 1.82) is 0 Å². The Morgan fingerprint density at radius 3 is 2.50 bits per heavy atom. The largest absolute Gasteiger partial charge is 0.507 e. The van der Waals surface area contributed by atoms with Gasteiger partial charge >= 0.3 is 0 Å². The molecule has 0 amide bonds. The summed E-state index contributed by atoms with van der Waals surface area (Å²) < 4.78 is 0.646. The second kappa shape index (κ2) is 6.49. The highest BCUT2D eigenvalue weighted by molar-refractivity contribution is 9.10. The first-order valence-electron chi connectivity index (χ1n) is 5.97. The molecular formula is C14H13BrN2O3. The Kier molecular flexibility index (Phi) is 4.70. The van der Waals surface area contributed by atoms with Crippen molar-refractivity contribution >= 4 is 21.6 Å². The number of phenols is 1. The van der Waals surface area contributed by atoms with E-state index in [2.05, 4.69) is 21.2 Å². The van der Waals surface area contributed by atoms with Crippen LogP contribution in [-0.2, 0) is 13.1 Å². The van der Waals surface area contributed by atoms with Crippen LogP contribution in [0.3, 0.4) is 0 Å². The van der Waals surface area contributed by atoms with Crippen LogP contribution in [0.2, 0.25) is 0 Å². The molecule has 0 unspecified atom stereocenters. The number of hydrogen-bond donors (Lipinski definition) is 2. The molecule has 2 aromatic rings. The van der Waals surface area contributed by atoms with E-state index in [1.807, 2.05) is 18.2 Å². The second-order valence-corrected chi connectivity index (χ2v) is 5.17. The molecule has 2 aromatic carbocycles. The number of phenolic OH excluding ortho intramolecular Hbond substituents is 1. The van der Waals surface area contributed by atoms with Crippen molar-refractivity contribution in [2.45, 2.75) is 13.1 Å². The lowest BCUT2D eigenvalue weighted by atomic mass is 10.2. The molecular weight excluding hydrogens is 324 g/mol. The van der Waals surface area contributed by atoms with Crippen LogP contribution in [0.5, 0.6) is 5.75 Å². The molecule has 104 valence electrons. The number of hydrogen-bond acceptors (Lipinski definition) is 4. The number of benzene rings is 2.